The van der Waals surface area contributed by atoms with E-state index in [0.29, 0.717) is 22.7 Å². The molecule has 1 heterocycles. The first-order chi connectivity index (χ1) is 9.61. The number of thiophene rings is 1. The molecule has 0 aliphatic carbocycles. The summed E-state index contributed by atoms with van der Waals surface area (Å²) in [6, 6.07) is 10.5. The van der Waals surface area contributed by atoms with Crippen LogP contribution in [0.5, 0.6) is 0 Å². The van der Waals surface area contributed by atoms with Crippen LogP contribution in [0.25, 0.3) is 0 Å². The highest BCUT2D eigenvalue weighted by Gasteiger charge is 2.10. The van der Waals surface area contributed by atoms with E-state index in [2.05, 4.69) is 5.32 Å². The quantitative estimate of drug-likeness (QED) is 0.940. The number of hydrogen-bond acceptors (Lipinski definition) is 3. The molecule has 20 heavy (non-hydrogen) atoms. The first-order valence-electron chi connectivity index (χ1n) is 6.32. The Bertz CT molecular complexity index is 591. The van der Waals surface area contributed by atoms with Crippen LogP contribution in [0.3, 0.4) is 0 Å². The van der Waals surface area contributed by atoms with Crippen LogP contribution >= 0.6 is 11.3 Å². The molecule has 2 amide bonds. The molecule has 1 aromatic carbocycles. The van der Waals surface area contributed by atoms with E-state index < -0.39 is 0 Å². The predicted molar refractivity (Wildman–Crippen MR) is 81.3 cm³/mol. The van der Waals surface area contributed by atoms with Gasteiger partial charge in [0.2, 0.25) is 0 Å². The molecule has 1 N–H and O–H groups in total. The zero-order chi connectivity index (χ0) is 14.5. The number of hydrogen-bond donors (Lipinski definition) is 1. The van der Waals surface area contributed by atoms with Crippen molar-refractivity contribution < 1.29 is 9.59 Å². The molecule has 104 valence electrons. The highest BCUT2D eigenvalue weighted by Crippen LogP contribution is 2.14. The lowest BCUT2D eigenvalue weighted by Gasteiger charge is -2.14. The Morgan fingerprint density at radius 2 is 1.90 bits per heavy atom. The molecule has 0 fully saturated rings. The Morgan fingerprint density at radius 3 is 2.45 bits per heavy atom. The fourth-order valence-corrected chi connectivity index (χ4v) is 2.28. The van der Waals surface area contributed by atoms with Crippen molar-refractivity contribution in [1.82, 2.24) is 4.90 Å². The third kappa shape index (κ3) is 3.24. The average Bonchev–Trinajstić information content (AvgIpc) is 3.01. The van der Waals surface area contributed by atoms with Crippen LogP contribution < -0.4 is 5.32 Å². The van der Waals surface area contributed by atoms with Crippen LogP contribution in [-0.2, 0) is 0 Å². The van der Waals surface area contributed by atoms with Gasteiger partial charge in [-0.25, -0.2) is 0 Å². The molecule has 0 aliphatic heterocycles. The van der Waals surface area contributed by atoms with E-state index in [-0.39, 0.29) is 11.8 Å². The van der Waals surface area contributed by atoms with E-state index in [0.717, 1.165) is 0 Å². The van der Waals surface area contributed by atoms with Crippen molar-refractivity contribution in [3.63, 3.8) is 0 Å². The van der Waals surface area contributed by atoms with E-state index in [4.69, 9.17) is 0 Å². The van der Waals surface area contributed by atoms with Gasteiger partial charge in [0.1, 0.15) is 0 Å². The summed E-state index contributed by atoms with van der Waals surface area (Å²) in [5.74, 6) is -0.159. The standard InChI is InChI=1S/C15H16N2O2S/c1-3-17(2)15(19)11-6-8-12(9-7-11)16-14(18)13-5-4-10-20-13/h4-10H,3H2,1-2H3,(H,16,18). The van der Waals surface area contributed by atoms with Crippen molar-refractivity contribution in [2.24, 2.45) is 0 Å². The Kier molecular flexibility index (Phi) is 4.53. The van der Waals surface area contributed by atoms with Crippen LogP contribution in [0, 0.1) is 0 Å². The molecule has 0 spiro atoms. The lowest BCUT2D eigenvalue weighted by molar-refractivity contribution is 0.0802. The van der Waals surface area contributed by atoms with E-state index in [1.165, 1.54) is 11.3 Å². The number of carbonyl (C=O) groups excluding carboxylic acids is 2. The molecule has 0 unspecified atom stereocenters. The van der Waals surface area contributed by atoms with Crippen LogP contribution in [0.15, 0.2) is 41.8 Å². The average molecular weight is 288 g/mol. The van der Waals surface area contributed by atoms with Gasteiger partial charge in [-0.2, -0.15) is 0 Å². The lowest BCUT2D eigenvalue weighted by Crippen LogP contribution is -2.26. The normalized spacial score (nSPS) is 10.1. The molecule has 4 nitrogen and oxygen atoms in total. The second-order valence-corrected chi connectivity index (χ2v) is 5.28. The molecule has 0 radical (unpaired) electrons. The van der Waals surface area contributed by atoms with Crippen LogP contribution in [0.2, 0.25) is 0 Å². The molecule has 5 heteroatoms. The number of anilines is 1. The number of carbonyl (C=O) groups is 2. The molecule has 0 saturated heterocycles. The minimum atomic E-state index is -0.134. The second-order valence-electron chi connectivity index (χ2n) is 4.33. The van der Waals surface area contributed by atoms with Crippen molar-refractivity contribution >= 4 is 28.8 Å². The van der Waals surface area contributed by atoms with Gasteiger partial charge in [0, 0.05) is 24.8 Å². The molecule has 0 saturated carbocycles. The predicted octanol–water partition coefficient (Wildman–Crippen LogP) is 3.09. The maximum atomic E-state index is 11.9. The third-order valence-corrected chi connectivity index (χ3v) is 3.82. The Labute approximate surface area is 122 Å². The number of rotatable bonds is 4. The van der Waals surface area contributed by atoms with E-state index in [1.807, 2.05) is 18.4 Å². The van der Waals surface area contributed by atoms with Gasteiger partial charge in [0.05, 0.1) is 4.88 Å². The minimum absolute atomic E-state index is 0.0244. The van der Waals surface area contributed by atoms with Gasteiger partial charge in [-0.05, 0) is 42.6 Å². The number of amides is 2. The van der Waals surface area contributed by atoms with Crippen LogP contribution in [0.1, 0.15) is 27.0 Å². The summed E-state index contributed by atoms with van der Waals surface area (Å²) in [6.45, 7) is 2.59. The van der Waals surface area contributed by atoms with Crippen molar-refractivity contribution in [3.05, 3.63) is 52.2 Å². The van der Waals surface area contributed by atoms with Crippen molar-refractivity contribution in [1.29, 1.82) is 0 Å². The summed E-state index contributed by atoms with van der Waals surface area (Å²) in [5.41, 5.74) is 1.29. The molecule has 2 aromatic rings. The van der Waals surface area contributed by atoms with Gasteiger partial charge < -0.3 is 10.2 Å². The van der Waals surface area contributed by atoms with Gasteiger partial charge in [0.25, 0.3) is 11.8 Å². The maximum absolute atomic E-state index is 11.9. The molecule has 1 aromatic heterocycles. The Hall–Kier alpha value is -2.14. The zero-order valence-corrected chi connectivity index (χ0v) is 12.2. The lowest BCUT2D eigenvalue weighted by atomic mass is 10.2. The first kappa shape index (κ1) is 14.3. The summed E-state index contributed by atoms with van der Waals surface area (Å²) < 4.78 is 0. The number of nitrogens with one attached hydrogen (secondary N) is 1. The van der Waals surface area contributed by atoms with Gasteiger partial charge in [-0.15, -0.1) is 11.3 Å². The summed E-state index contributed by atoms with van der Waals surface area (Å²) in [4.78, 5) is 26.1. The Balaban J connectivity index is 2.05. The van der Waals surface area contributed by atoms with Gasteiger partial charge >= 0.3 is 0 Å². The van der Waals surface area contributed by atoms with E-state index in [1.54, 1.807) is 42.3 Å². The molecular weight excluding hydrogens is 272 g/mol. The highest BCUT2D eigenvalue weighted by atomic mass is 32.1. The summed E-state index contributed by atoms with van der Waals surface area (Å²) in [6.07, 6.45) is 0. The molecule has 0 bridgehead atoms. The van der Waals surface area contributed by atoms with Crippen LogP contribution in [0.4, 0.5) is 5.69 Å². The molecule has 0 atom stereocenters. The smallest absolute Gasteiger partial charge is 0.265 e. The van der Waals surface area contributed by atoms with Crippen molar-refractivity contribution in [2.75, 3.05) is 18.9 Å². The van der Waals surface area contributed by atoms with E-state index >= 15 is 0 Å². The number of benzene rings is 1. The van der Waals surface area contributed by atoms with Gasteiger partial charge in [0.15, 0.2) is 0 Å². The summed E-state index contributed by atoms with van der Waals surface area (Å²) in [7, 11) is 1.76. The maximum Gasteiger partial charge on any atom is 0.265 e. The monoisotopic (exact) mass is 288 g/mol. The second kappa shape index (κ2) is 6.34. The first-order valence-corrected chi connectivity index (χ1v) is 7.20. The molecule has 2 rings (SSSR count). The topological polar surface area (TPSA) is 49.4 Å². The SMILES string of the molecule is CCN(C)C(=O)c1ccc(NC(=O)c2cccs2)cc1. The summed E-state index contributed by atoms with van der Waals surface area (Å²) >= 11 is 1.39. The number of nitrogens with zero attached hydrogens (tertiary/aromatic N) is 1. The van der Waals surface area contributed by atoms with E-state index in [9.17, 15) is 9.59 Å². The fraction of sp³-hybridized carbons (Fsp3) is 0.200. The molecule has 0 aliphatic rings. The summed E-state index contributed by atoms with van der Waals surface area (Å²) in [5, 5.41) is 4.66. The van der Waals surface area contributed by atoms with Crippen LogP contribution in [-0.4, -0.2) is 30.3 Å². The van der Waals surface area contributed by atoms with Crippen molar-refractivity contribution in [3.8, 4) is 0 Å². The van der Waals surface area contributed by atoms with Gasteiger partial charge in [-0.3, -0.25) is 9.59 Å². The fourth-order valence-electron chi connectivity index (χ4n) is 1.66. The molecular formula is C15H16N2O2S. The van der Waals surface area contributed by atoms with Gasteiger partial charge in [-0.1, -0.05) is 6.07 Å². The largest absolute Gasteiger partial charge is 0.342 e. The Morgan fingerprint density at radius 1 is 1.20 bits per heavy atom. The minimum Gasteiger partial charge on any atom is -0.342 e. The third-order valence-electron chi connectivity index (χ3n) is 2.96. The highest BCUT2D eigenvalue weighted by molar-refractivity contribution is 7.12. The van der Waals surface area contributed by atoms with Crippen molar-refractivity contribution in [2.45, 2.75) is 6.92 Å². The zero-order valence-electron chi connectivity index (χ0n) is 11.4.